The van der Waals surface area contributed by atoms with E-state index < -0.39 is 11.3 Å². The van der Waals surface area contributed by atoms with Gasteiger partial charge in [0.1, 0.15) is 17.1 Å². The molecule has 144 valence electrons. The van der Waals surface area contributed by atoms with Gasteiger partial charge in [-0.1, -0.05) is 0 Å². The fourth-order valence-electron chi connectivity index (χ4n) is 3.29. The minimum atomic E-state index is -0.490. The highest BCUT2D eigenvalue weighted by molar-refractivity contribution is 7.97. The molecule has 2 fully saturated rings. The molecule has 2 heterocycles. The molecule has 0 saturated carbocycles. The van der Waals surface area contributed by atoms with E-state index in [1.165, 1.54) is 0 Å². The summed E-state index contributed by atoms with van der Waals surface area (Å²) in [6.07, 6.45) is 1.55. The van der Waals surface area contributed by atoms with Crippen molar-refractivity contribution >= 4 is 18.0 Å². The molecule has 1 unspecified atom stereocenters. The summed E-state index contributed by atoms with van der Waals surface area (Å²) in [5.74, 6) is 0.843. The number of carbonyl (C=O) groups excluding carboxylic acids is 1. The van der Waals surface area contributed by atoms with E-state index in [1.807, 2.05) is 45.0 Å². The zero-order chi connectivity index (χ0) is 18.8. The van der Waals surface area contributed by atoms with Crippen molar-refractivity contribution in [3.8, 4) is 5.75 Å². The minimum absolute atomic E-state index is 0.263. The second kappa shape index (κ2) is 7.66. The summed E-state index contributed by atoms with van der Waals surface area (Å²) in [6, 6.07) is 8.01. The molecule has 1 spiro atoms. The summed E-state index contributed by atoms with van der Waals surface area (Å²) in [5, 5.41) is 0. The first-order chi connectivity index (χ1) is 12.3. The lowest BCUT2D eigenvalue weighted by molar-refractivity contribution is -0.0951. The molecule has 2 saturated heterocycles. The van der Waals surface area contributed by atoms with Crippen LogP contribution in [-0.4, -0.2) is 60.0 Å². The lowest BCUT2D eigenvalue weighted by Gasteiger charge is -2.43. The Labute approximate surface area is 159 Å². The van der Waals surface area contributed by atoms with E-state index in [1.54, 1.807) is 24.0 Å². The summed E-state index contributed by atoms with van der Waals surface area (Å²) in [4.78, 5) is 15.4. The summed E-state index contributed by atoms with van der Waals surface area (Å²) in [7, 11) is 1.67. The third-order valence-corrected chi connectivity index (χ3v) is 5.70. The predicted octanol–water partition coefficient (Wildman–Crippen LogP) is 3.76. The number of ether oxygens (including phenoxy) is 3. The molecular weight excluding hydrogens is 352 g/mol. The van der Waals surface area contributed by atoms with Crippen molar-refractivity contribution in [1.29, 1.82) is 0 Å². The molecule has 1 amide bonds. The van der Waals surface area contributed by atoms with Crippen LogP contribution in [0.4, 0.5) is 4.79 Å². The SMILES string of the molecule is COc1ccc(SN2CCOC23CCCN(C(=O)OC(C)(C)C)C3)cc1. The standard InChI is InChI=1S/C19H28N2O4S/c1-18(2,3)25-17(22)20-11-5-10-19(14-20)21(12-13-24-19)26-16-8-6-15(23-4)7-9-16/h6-9H,5,10-14H2,1-4H3. The van der Waals surface area contributed by atoms with Gasteiger partial charge in [0, 0.05) is 18.0 Å². The smallest absolute Gasteiger partial charge is 0.410 e. The Kier molecular flexibility index (Phi) is 5.69. The van der Waals surface area contributed by atoms with E-state index in [2.05, 4.69) is 4.31 Å². The number of nitrogens with zero attached hydrogens (tertiary/aromatic N) is 2. The number of hydrogen-bond donors (Lipinski definition) is 0. The fourth-order valence-corrected chi connectivity index (χ4v) is 4.34. The van der Waals surface area contributed by atoms with E-state index in [0.717, 1.165) is 30.0 Å². The highest BCUT2D eigenvalue weighted by atomic mass is 32.2. The summed E-state index contributed by atoms with van der Waals surface area (Å²) in [6.45, 7) is 8.42. The van der Waals surface area contributed by atoms with Crippen molar-refractivity contribution in [2.75, 3.05) is 33.4 Å². The Hall–Kier alpha value is -1.44. The third-order valence-electron chi connectivity index (χ3n) is 4.48. The molecule has 0 radical (unpaired) electrons. The monoisotopic (exact) mass is 380 g/mol. The fraction of sp³-hybridized carbons (Fsp3) is 0.632. The van der Waals surface area contributed by atoms with Gasteiger partial charge < -0.3 is 19.1 Å². The Balaban J connectivity index is 1.69. The van der Waals surface area contributed by atoms with E-state index in [0.29, 0.717) is 19.7 Å². The van der Waals surface area contributed by atoms with E-state index in [-0.39, 0.29) is 6.09 Å². The molecule has 1 aromatic carbocycles. The molecule has 0 aliphatic carbocycles. The molecule has 0 aromatic heterocycles. The summed E-state index contributed by atoms with van der Waals surface area (Å²) < 4.78 is 19.2. The molecule has 1 atom stereocenters. The maximum atomic E-state index is 12.5. The normalized spacial score (nSPS) is 24.1. The van der Waals surface area contributed by atoms with Gasteiger partial charge >= 0.3 is 6.09 Å². The van der Waals surface area contributed by atoms with Gasteiger partial charge in [-0.2, -0.15) is 0 Å². The van der Waals surface area contributed by atoms with Crippen LogP contribution in [0.15, 0.2) is 29.2 Å². The number of carbonyl (C=O) groups is 1. The molecule has 26 heavy (non-hydrogen) atoms. The van der Waals surface area contributed by atoms with Crippen molar-refractivity contribution in [1.82, 2.24) is 9.21 Å². The number of likely N-dealkylation sites (tertiary alicyclic amines) is 1. The lowest BCUT2D eigenvalue weighted by atomic mass is 10.0. The number of amides is 1. The second-order valence-electron chi connectivity index (χ2n) is 7.67. The maximum Gasteiger partial charge on any atom is 0.410 e. The number of rotatable bonds is 3. The van der Waals surface area contributed by atoms with Crippen molar-refractivity contribution in [3.05, 3.63) is 24.3 Å². The van der Waals surface area contributed by atoms with Crippen LogP contribution in [0.1, 0.15) is 33.6 Å². The van der Waals surface area contributed by atoms with Crippen molar-refractivity contribution in [2.45, 2.75) is 49.8 Å². The van der Waals surface area contributed by atoms with Gasteiger partial charge in [0.15, 0.2) is 0 Å². The Morgan fingerprint density at radius 3 is 2.62 bits per heavy atom. The number of hydrogen-bond acceptors (Lipinski definition) is 6. The Morgan fingerprint density at radius 2 is 1.96 bits per heavy atom. The third kappa shape index (κ3) is 4.45. The topological polar surface area (TPSA) is 51.2 Å². The average Bonchev–Trinajstić information content (AvgIpc) is 2.96. The summed E-state index contributed by atoms with van der Waals surface area (Å²) in [5.41, 5.74) is -0.935. The highest BCUT2D eigenvalue weighted by Gasteiger charge is 2.47. The molecule has 7 heteroatoms. The van der Waals surface area contributed by atoms with E-state index >= 15 is 0 Å². The minimum Gasteiger partial charge on any atom is -0.497 e. The van der Waals surface area contributed by atoms with Crippen LogP contribution in [0, 0.1) is 0 Å². The first-order valence-electron chi connectivity index (χ1n) is 9.03. The predicted molar refractivity (Wildman–Crippen MR) is 101 cm³/mol. The van der Waals surface area contributed by atoms with Crippen molar-refractivity contribution in [3.63, 3.8) is 0 Å². The van der Waals surface area contributed by atoms with Crippen LogP contribution in [-0.2, 0) is 9.47 Å². The van der Waals surface area contributed by atoms with Crippen molar-refractivity contribution in [2.24, 2.45) is 0 Å². The highest BCUT2D eigenvalue weighted by Crippen LogP contribution is 2.40. The van der Waals surface area contributed by atoms with Crippen molar-refractivity contribution < 1.29 is 19.0 Å². The van der Waals surface area contributed by atoms with E-state index in [4.69, 9.17) is 14.2 Å². The molecular formula is C19H28N2O4S. The number of methoxy groups -OCH3 is 1. The van der Waals surface area contributed by atoms with Gasteiger partial charge in [-0.3, -0.25) is 0 Å². The van der Waals surface area contributed by atoms with Crippen LogP contribution in [0.2, 0.25) is 0 Å². The quantitative estimate of drug-likeness (QED) is 0.744. The molecule has 0 N–H and O–H groups in total. The van der Waals surface area contributed by atoms with Crippen LogP contribution in [0.25, 0.3) is 0 Å². The number of benzene rings is 1. The Morgan fingerprint density at radius 1 is 1.23 bits per heavy atom. The number of piperidine rings is 1. The zero-order valence-corrected chi connectivity index (χ0v) is 16.8. The first-order valence-corrected chi connectivity index (χ1v) is 9.80. The molecule has 6 nitrogen and oxygen atoms in total. The zero-order valence-electron chi connectivity index (χ0n) is 16.0. The molecule has 1 aromatic rings. The van der Waals surface area contributed by atoms with Gasteiger partial charge in [0.05, 0.1) is 20.3 Å². The van der Waals surface area contributed by atoms with E-state index in [9.17, 15) is 4.79 Å². The molecule has 3 rings (SSSR count). The van der Waals surface area contributed by atoms with Gasteiger partial charge in [-0.15, -0.1) is 0 Å². The molecule has 0 bridgehead atoms. The average molecular weight is 381 g/mol. The van der Waals surface area contributed by atoms with Crippen LogP contribution in [0.5, 0.6) is 5.75 Å². The largest absolute Gasteiger partial charge is 0.497 e. The Bertz CT molecular complexity index is 631. The van der Waals surface area contributed by atoms with Crippen LogP contribution < -0.4 is 4.74 Å². The molecule has 2 aliphatic heterocycles. The van der Waals surface area contributed by atoms with Crippen LogP contribution in [0.3, 0.4) is 0 Å². The summed E-state index contributed by atoms with van der Waals surface area (Å²) >= 11 is 1.68. The lowest BCUT2D eigenvalue weighted by Crippen LogP contribution is -2.56. The van der Waals surface area contributed by atoms with Crippen LogP contribution >= 0.6 is 11.9 Å². The van der Waals surface area contributed by atoms with Gasteiger partial charge in [-0.25, -0.2) is 9.10 Å². The molecule has 2 aliphatic rings. The van der Waals surface area contributed by atoms with Gasteiger partial charge in [0.2, 0.25) is 0 Å². The second-order valence-corrected chi connectivity index (χ2v) is 8.76. The van der Waals surface area contributed by atoms with Gasteiger partial charge in [-0.05, 0) is 69.8 Å². The first kappa shape index (κ1) is 19.3. The van der Waals surface area contributed by atoms with Gasteiger partial charge in [0.25, 0.3) is 0 Å². The maximum absolute atomic E-state index is 12.5.